The molecule has 2 heterocycles. The van der Waals surface area contributed by atoms with Crippen molar-refractivity contribution in [1.82, 2.24) is 15.3 Å². The highest BCUT2D eigenvalue weighted by Gasteiger charge is 2.13. The Kier molecular flexibility index (Phi) is 4.33. The average molecular weight is 324 g/mol. The van der Waals surface area contributed by atoms with Crippen molar-refractivity contribution >= 4 is 33.7 Å². The fourth-order valence-corrected chi connectivity index (χ4v) is 2.70. The summed E-state index contributed by atoms with van der Waals surface area (Å²) in [7, 11) is 0. The monoisotopic (exact) mass is 324 g/mol. The lowest BCUT2D eigenvalue weighted by molar-refractivity contribution is 0.0948. The number of nitrogens with one attached hydrogen (secondary N) is 2. The maximum atomic E-state index is 12.3. The predicted octanol–water partition coefficient (Wildman–Crippen LogP) is 1.42. The summed E-state index contributed by atoms with van der Waals surface area (Å²) >= 11 is 0. The summed E-state index contributed by atoms with van der Waals surface area (Å²) < 4.78 is 0. The second-order valence-electron chi connectivity index (χ2n) is 5.60. The molecule has 2 aromatic heterocycles. The standard InChI is InChI=1S/C17H20N6O/c1-10-15-12(11-5-2-3-6-13(11)23-15)9-14(22-10)16(24)20-7-4-8-21-17(18)19/h2-3,5-6,9,23H,4,7-8H2,1H3,(H,20,24)(H4,18,19,21). The van der Waals surface area contributed by atoms with Gasteiger partial charge in [-0.2, -0.15) is 0 Å². The van der Waals surface area contributed by atoms with Crippen LogP contribution in [0.4, 0.5) is 0 Å². The van der Waals surface area contributed by atoms with Crippen molar-refractivity contribution in [3.8, 4) is 0 Å². The molecule has 0 aliphatic rings. The van der Waals surface area contributed by atoms with Gasteiger partial charge in [0.15, 0.2) is 5.96 Å². The third kappa shape index (κ3) is 3.15. The largest absolute Gasteiger partial charge is 0.370 e. The van der Waals surface area contributed by atoms with Gasteiger partial charge in [0.25, 0.3) is 5.91 Å². The number of hydrogen-bond acceptors (Lipinski definition) is 3. The van der Waals surface area contributed by atoms with Crippen LogP contribution in [0.5, 0.6) is 0 Å². The molecular weight excluding hydrogens is 304 g/mol. The number of fused-ring (bicyclic) bond motifs is 3. The molecule has 24 heavy (non-hydrogen) atoms. The van der Waals surface area contributed by atoms with E-state index in [2.05, 4.69) is 20.3 Å². The Morgan fingerprint density at radius 1 is 1.29 bits per heavy atom. The molecule has 7 nitrogen and oxygen atoms in total. The van der Waals surface area contributed by atoms with E-state index >= 15 is 0 Å². The van der Waals surface area contributed by atoms with Crippen molar-refractivity contribution in [3.05, 3.63) is 41.7 Å². The van der Waals surface area contributed by atoms with E-state index < -0.39 is 0 Å². The number of rotatable bonds is 5. The molecule has 0 saturated carbocycles. The highest BCUT2D eigenvalue weighted by molar-refractivity contribution is 6.10. The number of nitrogens with zero attached hydrogens (tertiary/aromatic N) is 2. The maximum absolute atomic E-state index is 12.3. The molecule has 0 fully saturated rings. The van der Waals surface area contributed by atoms with Crippen molar-refractivity contribution < 1.29 is 4.79 Å². The molecule has 1 amide bonds. The molecule has 3 aromatic rings. The van der Waals surface area contributed by atoms with Crippen molar-refractivity contribution in [2.45, 2.75) is 13.3 Å². The summed E-state index contributed by atoms with van der Waals surface area (Å²) in [5, 5.41) is 4.93. The number of guanidine groups is 1. The quantitative estimate of drug-likeness (QED) is 0.322. The van der Waals surface area contributed by atoms with Crippen LogP contribution in [0.3, 0.4) is 0 Å². The number of carbonyl (C=O) groups is 1. The van der Waals surface area contributed by atoms with E-state index in [4.69, 9.17) is 11.5 Å². The number of pyridine rings is 1. The van der Waals surface area contributed by atoms with Crippen LogP contribution in [0.25, 0.3) is 21.8 Å². The minimum Gasteiger partial charge on any atom is -0.370 e. The lowest BCUT2D eigenvalue weighted by atomic mass is 10.1. The highest BCUT2D eigenvalue weighted by atomic mass is 16.1. The van der Waals surface area contributed by atoms with Crippen LogP contribution < -0.4 is 16.8 Å². The Balaban J connectivity index is 1.80. The van der Waals surface area contributed by atoms with Gasteiger partial charge in [0.1, 0.15) is 5.69 Å². The van der Waals surface area contributed by atoms with Gasteiger partial charge in [-0.05, 0) is 25.5 Å². The molecule has 0 aliphatic heterocycles. The lowest BCUT2D eigenvalue weighted by Crippen LogP contribution is -2.27. The molecule has 124 valence electrons. The summed E-state index contributed by atoms with van der Waals surface area (Å²) in [6.45, 7) is 2.87. The van der Waals surface area contributed by atoms with E-state index in [1.54, 1.807) is 0 Å². The van der Waals surface area contributed by atoms with Crippen LogP contribution in [0.2, 0.25) is 0 Å². The van der Waals surface area contributed by atoms with Crippen LogP contribution >= 0.6 is 0 Å². The van der Waals surface area contributed by atoms with Gasteiger partial charge in [-0.1, -0.05) is 18.2 Å². The lowest BCUT2D eigenvalue weighted by Gasteiger charge is -2.05. The second-order valence-corrected chi connectivity index (χ2v) is 5.60. The Bertz CT molecular complexity index is 923. The third-order valence-corrected chi connectivity index (χ3v) is 3.82. The number of para-hydroxylation sites is 1. The van der Waals surface area contributed by atoms with E-state index in [0.29, 0.717) is 25.2 Å². The molecular formula is C17H20N6O. The molecule has 6 N–H and O–H groups in total. The van der Waals surface area contributed by atoms with Crippen molar-refractivity contribution in [2.75, 3.05) is 13.1 Å². The van der Waals surface area contributed by atoms with Crippen molar-refractivity contribution in [1.29, 1.82) is 0 Å². The van der Waals surface area contributed by atoms with Gasteiger partial charge in [0.2, 0.25) is 0 Å². The van der Waals surface area contributed by atoms with Gasteiger partial charge >= 0.3 is 0 Å². The summed E-state index contributed by atoms with van der Waals surface area (Å²) in [6.07, 6.45) is 0.665. The van der Waals surface area contributed by atoms with E-state index in [9.17, 15) is 4.79 Å². The Morgan fingerprint density at radius 2 is 2.08 bits per heavy atom. The number of amides is 1. The summed E-state index contributed by atoms with van der Waals surface area (Å²) in [5.41, 5.74) is 13.7. The number of aromatic nitrogens is 2. The van der Waals surface area contributed by atoms with E-state index in [1.807, 2.05) is 37.3 Å². The molecule has 1 aromatic carbocycles. The molecule has 0 atom stereocenters. The SMILES string of the molecule is Cc1nc(C(=O)NCCCN=C(N)N)cc2c1[nH]c1ccccc12. The minimum absolute atomic E-state index is 0.0587. The summed E-state index contributed by atoms with van der Waals surface area (Å²) in [4.78, 5) is 24.0. The zero-order valence-electron chi connectivity index (χ0n) is 13.5. The predicted molar refractivity (Wildman–Crippen MR) is 96.0 cm³/mol. The number of nitrogens with two attached hydrogens (primary N) is 2. The van der Waals surface area contributed by atoms with Crippen LogP contribution in [-0.4, -0.2) is 34.9 Å². The van der Waals surface area contributed by atoms with Gasteiger partial charge < -0.3 is 21.8 Å². The van der Waals surface area contributed by atoms with Crippen LogP contribution in [0, 0.1) is 6.92 Å². The number of aromatic amines is 1. The first kappa shape index (κ1) is 15.8. The average Bonchev–Trinajstić information content (AvgIpc) is 2.93. The number of aliphatic imine (C=N–C) groups is 1. The zero-order chi connectivity index (χ0) is 17.1. The van der Waals surface area contributed by atoms with Gasteiger partial charge in [-0.3, -0.25) is 9.79 Å². The molecule has 0 bridgehead atoms. The molecule has 0 spiro atoms. The first-order chi connectivity index (χ1) is 11.6. The molecule has 7 heteroatoms. The van der Waals surface area contributed by atoms with Crippen LogP contribution in [0.1, 0.15) is 22.6 Å². The van der Waals surface area contributed by atoms with Gasteiger partial charge in [0, 0.05) is 29.4 Å². The number of benzene rings is 1. The molecule has 0 unspecified atom stereocenters. The molecule has 0 radical (unpaired) electrons. The van der Waals surface area contributed by atoms with Crippen LogP contribution in [-0.2, 0) is 0 Å². The molecule has 0 saturated heterocycles. The Hall–Kier alpha value is -3.09. The van der Waals surface area contributed by atoms with Crippen molar-refractivity contribution in [2.24, 2.45) is 16.5 Å². The zero-order valence-corrected chi connectivity index (χ0v) is 13.5. The number of carbonyl (C=O) groups excluding carboxylic acids is 1. The molecule has 0 aliphatic carbocycles. The molecule has 3 rings (SSSR count). The Morgan fingerprint density at radius 3 is 2.88 bits per heavy atom. The summed E-state index contributed by atoms with van der Waals surface area (Å²) in [5.74, 6) is -0.140. The van der Waals surface area contributed by atoms with Gasteiger partial charge in [0.05, 0.1) is 11.2 Å². The van der Waals surface area contributed by atoms with Crippen molar-refractivity contribution in [3.63, 3.8) is 0 Å². The van der Waals surface area contributed by atoms with E-state index in [0.717, 1.165) is 27.5 Å². The second kappa shape index (κ2) is 6.57. The number of H-pyrrole nitrogens is 1. The first-order valence-electron chi connectivity index (χ1n) is 7.78. The maximum Gasteiger partial charge on any atom is 0.269 e. The Labute approximate surface area is 139 Å². The normalized spacial score (nSPS) is 10.9. The highest BCUT2D eigenvalue weighted by Crippen LogP contribution is 2.27. The fraction of sp³-hybridized carbons (Fsp3) is 0.235. The van der Waals surface area contributed by atoms with Gasteiger partial charge in [-0.25, -0.2) is 4.98 Å². The fourth-order valence-electron chi connectivity index (χ4n) is 2.70. The number of hydrogen-bond donors (Lipinski definition) is 4. The van der Waals surface area contributed by atoms with Gasteiger partial charge in [-0.15, -0.1) is 0 Å². The minimum atomic E-state index is -0.199. The first-order valence-corrected chi connectivity index (χ1v) is 7.78. The number of aryl methyl sites for hydroxylation is 1. The van der Waals surface area contributed by atoms with Crippen LogP contribution in [0.15, 0.2) is 35.3 Å². The van der Waals surface area contributed by atoms with E-state index in [1.165, 1.54) is 0 Å². The smallest absolute Gasteiger partial charge is 0.269 e. The third-order valence-electron chi connectivity index (χ3n) is 3.82. The summed E-state index contributed by atoms with van der Waals surface area (Å²) in [6, 6.07) is 9.83. The topological polar surface area (TPSA) is 122 Å². The van der Waals surface area contributed by atoms with E-state index in [-0.39, 0.29) is 11.9 Å².